The first-order valence-corrected chi connectivity index (χ1v) is 4.93. The van der Waals surface area contributed by atoms with E-state index >= 15 is 0 Å². The first-order valence-electron chi connectivity index (χ1n) is 4.93. The van der Waals surface area contributed by atoms with Gasteiger partial charge in [-0.2, -0.15) is 5.10 Å². The van der Waals surface area contributed by atoms with Gasteiger partial charge in [-0.3, -0.25) is 0 Å². The maximum atomic E-state index is 3.92. The molecule has 1 saturated heterocycles. The Bertz CT molecular complexity index is 227. The van der Waals surface area contributed by atoms with Crippen molar-refractivity contribution in [3.05, 3.63) is 5.82 Å². The summed E-state index contributed by atoms with van der Waals surface area (Å²) in [7, 11) is 0. The van der Waals surface area contributed by atoms with Crippen molar-refractivity contribution in [3.63, 3.8) is 0 Å². The Morgan fingerprint density at radius 1 is 1.38 bits per heavy atom. The topological polar surface area (TPSA) is 67.7 Å². The van der Waals surface area contributed by atoms with E-state index in [0.29, 0.717) is 0 Å². The quantitative estimate of drug-likeness (QED) is 0.665. The van der Waals surface area contributed by atoms with Crippen molar-refractivity contribution >= 4 is 0 Å². The summed E-state index contributed by atoms with van der Waals surface area (Å²) in [5, 5.41) is 16.5. The lowest BCUT2D eigenvalue weighted by Crippen LogP contribution is -2.28. The lowest BCUT2D eigenvalue weighted by atomic mass is 9.93. The van der Waals surface area contributed by atoms with E-state index in [-0.39, 0.29) is 0 Å². The summed E-state index contributed by atoms with van der Waals surface area (Å²) in [6.07, 6.45) is 4.85. The molecule has 5 heteroatoms. The largest absolute Gasteiger partial charge is 0.317 e. The van der Waals surface area contributed by atoms with Gasteiger partial charge in [-0.05, 0) is 38.3 Å². The molecule has 0 saturated carbocycles. The van der Waals surface area contributed by atoms with Gasteiger partial charge in [0.2, 0.25) is 0 Å². The third-order valence-electron chi connectivity index (χ3n) is 2.67. The summed E-state index contributed by atoms with van der Waals surface area (Å²) in [6, 6.07) is 0. The molecule has 1 aromatic heterocycles. The zero-order valence-corrected chi connectivity index (χ0v) is 7.71. The fourth-order valence-corrected chi connectivity index (χ4v) is 1.82. The van der Waals surface area contributed by atoms with Gasteiger partial charge in [-0.15, -0.1) is 0 Å². The second-order valence-corrected chi connectivity index (χ2v) is 3.62. The molecule has 0 radical (unpaired) electrons. The number of hydrogen-bond donors (Lipinski definition) is 2. The number of tetrazole rings is 1. The molecule has 72 valence electrons. The molecule has 0 unspecified atom stereocenters. The predicted octanol–water partition coefficient (Wildman–Crippen LogP) is -0.449. The number of hydrogen-bond acceptors (Lipinski definition) is 3. The maximum absolute atomic E-state index is 3.92. The highest BCUT2D eigenvalue weighted by Crippen LogP contribution is 2.16. The predicted molar refractivity (Wildman–Crippen MR) is 46.9 cm³/mol. The van der Waals surface area contributed by atoms with E-state index < -0.39 is 0 Å². The monoisotopic (exact) mass is 182 g/mol. The van der Waals surface area contributed by atoms with Gasteiger partial charge < -0.3 is 5.32 Å². The van der Waals surface area contributed by atoms with Crippen LogP contribution in [0.15, 0.2) is 0 Å². The molecule has 2 heterocycles. The SMILES string of the molecule is C1CC(CCc2nn[nH][nH+]2)CCN1. The van der Waals surface area contributed by atoms with Crippen LogP contribution < -0.4 is 10.4 Å². The minimum absolute atomic E-state index is 0.867. The van der Waals surface area contributed by atoms with Crippen molar-refractivity contribution in [2.75, 3.05) is 13.1 Å². The number of H-pyrrole nitrogens is 2. The van der Waals surface area contributed by atoms with E-state index in [0.717, 1.165) is 18.2 Å². The Kier molecular flexibility index (Phi) is 2.86. The van der Waals surface area contributed by atoms with Crippen molar-refractivity contribution < 1.29 is 5.10 Å². The second kappa shape index (κ2) is 4.32. The third kappa shape index (κ3) is 2.48. The van der Waals surface area contributed by atoms with Gasteiger partial charge in [0.1, 0.15) is 5.10 Å². The van der Waals surface area contributed by atoms with Gasteiger partial charge in [0.15, 0.2) is 5.21 Å². The average Bonchev–Trinajstić information content (AvgIpc) is 2.69. The summed E-state index contributed by atoms with van der Waals surface area (Å²) < 4.78 is 0. The number of aromatic amines is 2. The zero-order valence-electron chi connectivity index (χ0n) is 7.71. The van der Waals surface area contributed by atoms with Gasteiger partial charge in [0.25, 0.3) is 5.82 Å². The maximum Gasteiger partial charge on any atom is 0.298 e. The number of rotatable bonds is 3. The molecule has 13 heavy (non-hydrogen) atoms. The fourth-order valence-electron chi connectivity index (χ4n) is 1.82. The third-order valence-corrected chi connectivity index (χ3v) is 2.67. The Labute approximate surface area is 77.3 Å². The summed E-state index contributed by atoms with van der Waals surface area (Å²) in [4.78, 5) is 0. The van der Waals surface area contributed by atoms with Crippen LogP contribution in [0.1, 0.15) is 25.1 Å². The Hall–Kier alpha value is -0.970. The van der Waals surface area contributed by atoms with E-state index in [9.17, 15) is 0 Å². The summed E-state index contributed by atoms with van der Waals surface area (Å²) in [6.45, 7) is 2.35. The molecule has 2 rings (SSSR count). The van der Waals surface area contributed by atoms with Gasteiger partial charge >= 0.3 is 0 Å². The van der Waals surface area contributed by atoms with Crippen molar-refractivity contribution in [3.8, 4) is 0 Å². The molecule has 0 bridgehead atoms. The highest BCUT2D eigenvalue weighted by Gasteiger charge is 2.15. The highest BCUT2D eigenvalue weighted by molar-refractivity contribution is 4.74. The molecule has 1 aromatic rings. The fraction of sp³-hybridized carbons (Fsp3) is 0.875. The van der Waals surface area contributed by atoms with Crippen LogP contribution in [0.4, 0.5) is 0 Å². The molecule has 1 aliphatic rings. The number of aromatic nitrogens is 4. The lowest BCUT2D eigenvalue weighted by Gasteiger charge is -2.21. The van der Waals surface area contributed by atoms with Crippen LogP contribution in [0.3, 0.4) is 0 Å². The van der Waals surface area contributed by atoms with Crippen LogP contribution >= 0.6 is 0 Å². The minimum Gasteiger partial charge on any atom is -0.317 e. The molecule has 1 fully saturated rings. The Morgan fingerprint density at radius 3 is 2.92 bits per heavy atom. The van der Waals surface area contributed by atoms with Crippen LogP contribution in [0.5, 0.6) is 0 Å². The Balaban J connectivity index is 1.72. The molecular weight excluding hydrogens is 166 g/mol. The number of aryl methyl sites for hydroxylation is 1. The second-order valence-electron chi connectivity index (χ2n) is 3.62. The standard InChI is InChI=1S/C8H15N5/c1(2-8-10-12-13-11-8)7-3-5-9-6-4-7/h7,9H,1-6H2,(H,10,11,12,13)/p+1. The first kappa shape index (κ1) is 8.62. The van der Waals surface area contributed by atoms with Crippen molar-refractivity contribution in [1.82, 2.24) is 20.8 Å². The summed E-state index contributed by atoms with van der Waals surface area (Å²) in [5.41, 5.74) is 0. The molecule has 0 aliphatic carbocycles. The van der Waals surface area contributed by atoms with Crippen molar-refractivity contribution in [2.45, 2.75) is 25.7 Å². The van der Waals surface area contributed by atoms with Crippen LogP contribution in [-0.2, 0) is 6.42 Å². The van der Waals surface area contributed by atoms with Crippen LogP contribution in [0.25, 0.3) is 0 Å². The minimum atomic E-state index is 0.867. The molecule has 0 amide bonds. The van der Waals surface area contributed by atoms with Crippen LogP contribution in [0.2, 0.25) is 0 Å². The van der Waals surface area contributed by atoms with Crippen molar-refractivity contribution in [1.29, 1.82) is 0 Å². The zero-order chi connectivity index (χ0) is 8.93. The van der Waals surface area contributed by atoms with Gasteiger partial charge in [-0.25, -0.2) is 0 Å². The molecule has 1 aliphatic heterocycles. The smallest absolute Gasteiger partial charge is 0.298 e. The molecular formula is C8H16N5+. The Morgan fingerprint density at radius 2 is 2.23 bits per heavy atom. The van der Waals surface area contributed by atoms with E-state index in [4.69, 9.17) is 0 Å². The lowest BCUT2D eigenvalue weighted by molar-refractivity contribution is -0.466. The van der Waals surface area contributed by atoms with E-state index in [1.165, 1.54) is 32.4 Å². The summed E-state index contributed by atoms with van der Waals surface area (Å²) >= 11 is 0. The molecule has 0 aromatic carbocycles. The summed E-state index contributed by atoms with van der Waals surface area (Å²) in [5.74, 6) is 1.84. The van der Waals surface area contributed by atoms with Crippen molar-refractivity contribution in [2.24, 2.45) is 5.92 Å². The molecule has 3 N–H and O–H groups in total. The number of nitrogens with zero attached hydrogens (tertiary/aromatic N) is 2. The molecule has 5 nitrogen and oxygen atoms in total. The van der Waals surface area contributed by atoms with Gasteiger partial charge in [-0.1, -0.05) is 5.21 Å². The first-order chi connectivity index (χ1) is 6.45. The highest BCUT2D eigenvalue weighted by atomic mass is 15.5. The van der Waals surface area contributed by atoms with Gasteiger partial charge in [0.05, 0.1) is 0 Å². The van der Waals surface area contributed by atoms with E-state index in [1.807, 2.05) is 0 Å². The van der Waals surface area contributed by atoms with Gasteiger partial charge in [0, 0.05) is 6.42 Å². The molecule has 0 atom stereocenters. The van der Waals surface area contributed by atoms with Crippen LogP contribution in [-0.4, -0.2) is 28.6 Å². The number of piperidine rings is 1. The number of nitrogens with one attached hydrogen (secondary N) is 3. The van der Waals surface area contributed by atoms with E-state index in [2.05, 4.69) is 25.9 Å². The van der Waals surface area contributed by atoms with E-state index in [1.54, 1.807) is 0 Å². The normalized spacial score (nSPS) is 19.1. The molecule has 0 spiro atoms. The van der Waals surface area contributed by atoms with Crippen LogP contribution in [0, 0.1) is 5.92 Å². The average molecular weight is 182 g/mol.